The number of esters is 1. The summed E-state index contributed by atoms with van der Waals surface area (Å²) < 4.78 is 12.2. The molecule has 0 saturated heterocycles. The molecule has 4 aromatic carbocycles. The molecule has 4 rings (SSSR count). The van der Waals surface area contributed by atoms with E-state index < -0.39 is 18.0 Å². The van der Waals surface area contributed by atoms with Crippen LogP contribution in [0.4, 0.5) is 0 Å². The van der Waals surface area contributed by atoms with E-state index in [-0.39, 0.29) is 0 Å². The molecule has 1 N–H and O–H groups in total. The van der Waals surface area contributed by atoms with E-state index in [0.29, 0.717) is 22.6 Å². The quantitative estimate of drug-likeness (QED) is 0.136. The number of aryl methyl sites for hydroxylation is 1. The van der Waals surface area contributed by atoms with Crippen LogP contribution in [0.15, 0.2) is 94.5 Å². The number of halogens is 1. The monoisotopic (exact) mass is 530 g/mol. The van der Waals surface area contributed by atoms with Crippen LogP contribution in [0.3, 0.4) is 0 Å². The lowest BCUT2D eigenvalue weighted by Gasteiger charge is -2.14. The van der Waals surface area contributed by atoms with Gasteiger partial charge in [-0.15, -0.1) is 0 Å². The first kappa shape index (κ1) is 24.2. The summed E-state index contributed by atoms with van der Waals surface area (Å²) in [5.74, 6) is 0.0409. The molecule has 1 amide bonds. The van der Waals surface area contributed by atoms with Crippen molar-refractivity contribution in [3.8, 4) is 11.5 Å². The second-order valence-corrected chi connectivity index (χ2v) is 8.83. The summed E-state index contributed by atoms with van der Waals surface area (Å²) in [6, 6.07) is 25.8. The number of nitrogens with zero attached hydrogens (tertiary/aromatic N) is 1. The fraction of sp³-hybridized carbons (Fsp3) is 0.107. The van der Waals surface area contributed by atoms with Gasteiger partial charge in [-0.25, -0.2) is 10.2 Å². The lowest BCUT2D eigenvalue weighted by atomic mass is 10.1. The Bertz CT molecular complexity index is 1410. The molecule has 176 valence electrons. The van der Waals surface area contributed by atoms with Crippen molar-refractivity contribution in [3.05, 3.63) is 106 Å². The van der Waals surface area contributed by atoms with Crippen LogP contribution >= 0.6 is 15.9 Å². The van der Waals surface area contributed by atoms with E-state index in [1.807, 2.05) is 55.5 Å². The lowest BCUT2D eigenvalue weighted by molar-refractivity contribution is -0.127. The van der Waals surface area contributed by atoms with Gasteiger partial charge in [0.1, 0.15) is 11.5 Å². The van der Waals surface area contributed by atoms with Crippen LogP contribution in [-0.4, -0.2) is 24.2 Å². The van der Waals surface area contributed by atoms with Crippen molar-refractivity contribution in [2.75, 3.05) is 0 Å². The third-order valence-electron chi connectivity index (χ3n) is 5.23. The summed E-state index contributed by atoms with van der Waals surface area (Å²) in [6.45, 7) is 3.56. The predicted molar refractivity (Wildman–Crippen MR) is 140 cm³/mol. The summed E-state index contributed by atoms with van der Waals surface area (Å²) in [4.78, 5) is 25.2. The van der Waals surface area contributed by atoms with E-state index in [4.69, 9.17) is 9.47 Å². The van der Waals surface area contributed by atoms with Crippen molar-refractivity contribution in [1.29, 1.82) is 0 Å². The van der Waals surface area contributed by atoms with Gasteiger partial charge in [-0.3, -0.25) is 4.79 Å². The number of fused-ring (bicyclic) bond motifs is 1. The van der Waals surface area contributed by atoms with Crippen LogP contribution < -0.4 is 14.9 Å². The van der Waals surface area contributed by atoms with E-state index in [1.54, 1.807) is 43.3 Å². The van der Waals surface area contributed by atoms with Gasteiger partial charge in [0.15, 0.2) is 6.10 Å². The van der Waals surface area contributed by atoms with Crippen LogP contribution in [0, 0.1) is 6.92 Å². The van der Waals surface area contributed by atoms with Crippen LogP contribution in [0.1, 0.15) is 28.4 Å². The number of amides is 1. The van der Waals surface area contributed by atoms with E-state index in [9.17, 15) is 9.59 Å². The molecule has 0 radical (unpaired) electrons. The second-order valence-electron chi connectivity index (χ2n) is 7.91. The lowest BCUT2D eigenvalue weighted by Crippen LogP contribution is -2.33. The number of rotatable bonds is 7. The number of hydrogen-bond donors (Lipinski definition) is 1. The van der Waals surface area contributed by atoms with Crippen LogP contribution in [0.2, 0.25) is 0 Å². The standard InChI is InChI=1S/C28H23BrN2O4/c1-18-7-5-10-21(15-18)28(33)35-25-14-13-23(29)16-22(25)17-30-31-27(32)19(2)34-26-12-6-9-20-8-3-4-11-24(20)26/h3-17,19H,1-2H3,(H,31,32)/b30-17-/t19-/m0/s1. The Kier molecular flexibility index (Phi) is 7.57. The molecule has 0 spiro atoms. The van der Waals surface area contributed by atoms with Gasteiger partial charge in [0.05, 0.1) is 11.8 Å². The molecular formula is C28H23BrN2O4. The molecule has 0 heterocycles. The molecule has 4 aromatic rings. The van der Waals surface area contributed by atoms with Crippen molar-refractivity contribution in [2.24, 2.45) is 5.10 Å². The zero-order chi connectivity index (χ0) is 24.8. The smallest absolute Gasteiger partial charge is 0.343 e. The van der Waals surface area contributed by atoms with Gasteiger partial charge in [-0.1, -0.05) is 70.0 Å². The fourth-order valence-corrected chi connectivity index (χ4v) is 3.82. The van der Waals surface area contributed by atoms with Crippen molar-refractivity contribution in [3.63, 3.8) is 0 Å². The number of benzene rings is 4. The maximum atomic E-state index is 12.6. The Morgan fingerprint density at radius 3 is 2.54 bits per heavy atom. The van der Waals surface area contributed by atoms with Gasteiger partial charge in [0.25, 0.3) is 5.91 Å². The average Bonchev–Trinajstić information content (AvgIpc) is 2.85. The maximum absolute atomic E-state index is 12.6. The van der Waals surface area contributed by atoms with Gasteiger partial charge in [0, 0.05) is 15.4 Å². The topological polar surface area (TPSA) is 77.0 Å². The third-order valence-corrected chi connectivity index (χ3v) is 5.72. The van der Waals surface area contributed by atoms with Crippen LogP contribution in [0.5, 0.6) is 11.5 Å². The molecule has 0 unspecified atom stereocenters. The highest BCUT2D eigenvalue weighted by Crippen LogP contribution is 2.26. The summed E-state index contributed by atoms with van der Waals surface area (Å²) in [7, 11) is 0. The highest BCUT2D eigenvalue weighted by molar-refractivity contribution is 9.10. The Balaban J connectivity index is 1.43. The minimum atomic E-state index is -0.779. The largest absolute Gasteiger partial charge is 0.480 e. The van der Waals surface area contributed by atoms with Crippen molar-refractivity contribution < 1.29 is 19.1 Å². The SMILES string of the molecule is Cc1cccc(C(=O)Oc2ccc(Br)cc2/C=N\NC(=O)[C@H](C)Oc2cccc3ccccc23)c1. The molecule has 0 fully saturated rings. The maximum Gasteiger partial charge on any atom is 0.343 e. The Morgan fingerprint density at radius 1 is 0.943 bits per heavy atom. The molecule has 0 aliphatic carbocycles. The minimum Gasteiger partial charge on any atom is -0.480 e. The number of ether oxygens (including phenoxy) is 2. The van der Waals surface area contributed by atoms with Crippen molar-refractivity contribution in [2.45, 2.75) is 20.0 Å². The normalized spacial score (nSPS) is 11.9. The summed E-state index contributed by atoms with van der Waals surface area (Å²) in [5.41, 5.74) is 4.41. The van der Waals surface area contributed by atoms with Crippen LogP contribution in [0.25, 0.3) is 10.8 Å². The molecule has 0 aromatic heterocycles. The van der Waals surface area contributed by atoms with Gasteiger partial charge in [0.2, 0.25) is 0 Å². The zero-order valence-corrected chi connectivity index (χ0v) is 20.8. The van der Waals surface area contributed by atoms with Crippen molar-refractivity contribution >= 4 is 44.8 Å². The van der Waals surface area contributed by atoms with Gasteiger partial charge in [-0.2, -0.15) is 5.10 Å². The fourth-order valence-electron chi connectivity index (χ4n) is 3.44. The second kappa shape index (κ2) is 11.0. The summed E-state index contributed by atoms with van der Waals surface area (Å²) >= 11 is 3.41. The van der Waals surface area contributed by atoms with Gasteiger partial charge < -0.3 is 9.47 Å². The Morgan fingerprint density at radius 2 is 1.71 bits per heavy atom. The molecular weight excluding hydrogens is 508 g/mol. The van der Waals surface area contributed by atoms with E-state index in [1.165, 1.54) is 6.21 Å². The molecule has 6 nitrogen and oxygen atoms in total. The Hall–Kier alpha value is -3.97. The third kappa shape index (κ3) is 6.13. The number of carbonyl (C=O) groups excluding carboxylic acids is 2. The number of hydrogen-bond acceptors (Lipinski definition) is 5. The molecule has 0 aliphatic heterocycles. The molecule has 0 bridgehead atoms. The number of hydrazone groups is 1. The first-order chi connectivity index (χ1) is 16.9. The molecule has 0 saturated carbocycles. The van der Waals surface area contributed by atoms with Crippen molar-refractivity contribution in [1.82, 2.24) is 5.43 Å². The highest BCUT2D eigenvalue weighted by Gasteiger charge is 2.16. The van der Waals surface area contributed by atoms with Crippen LogP contribution in [-0.2, 0) is 4.79 Å². The first-order valence-electron chi connectivity index (χ1n) is 11.0. The van der Waals surface area contributed by atoms with E-state index in [2.05, 4.69) is 26.5 Å². The summed E-state index contributed by atoms with van der Waals surface area (Å²) in [5, 5.41) is 6.00. The zero-order valence-electron chi connectivity index (χ0n) is 19.2. The molecule has 7 heteroatoms. The summed E-state index contributed by atoms with van der Waals surface area (Å²) in [6.07, 6.45) is 0.644. The van der Waals surface area contributed by atoms with Gasteiger partial charge >= 0.3 is 5.97 Å². The molecule has 0 aliphatic rings. The van der Waals surface area contributed by atoms with E-state index in [0.717, 1.165) is 20.8 Å². The predicted octanol–water partition coefficient (Wildman–Crippen LogP) is 6.05. The van der Waals surface area contributed by atoms with Gasteiger partial charge in [-0.05, 0) is 55.6 Å². The molecule has 35 heavy (non-hydrogen) atoms. The van der Waals surface area contributed by atoms with E-state index >= 15 is 0 Å². The minimum absolute atomic E-state index is 0.317. The average molecular weight is 531 g/mol. The first-order valence-corrected chi connectivity index (χ1v) is 11.8. The number of nitrogens with one attached hydrogen (secondary N) is 1. The highest BCUT2D eigenvalue weighted by atomic mass is 79.9. The number of carbonyl (C=O) groups is 2. The molecule has 1 atom stereocenters. The Labute approximate surface area is 211 Å².